The summed E-state index contributed by atoms with van der Waals surface area (Å²) >= 11 is 3.08. The Morgan fingerprint density at radius 2 is 2.24 bits per heavy atom. The van der Waals surface area contributed by atoms with Gasteiger partial charge in [-0.15, -0.1) is 0 Å². The van der Waals surface area contributed by atoms with Crippen molar-refractivity contribution >= 4 is 33.4 Å². The van der Waals surface area contributed by atoms with Gasteiger partial charge in [0.1, 0.15) is 5.82 Å². The van der Waals surface area contributed by atoms with E-state index in [4.69, 9.17) is 0 Å². The Hall–Kier alpha value is -1.69. The van der Waals surface area contributed by atoms with E-state index in [1.807, 2.05) is 0 Å². The van der Waals surface area contributed by atoms with Crippen molar-refractivity contribution in [3.8, 4) is 0 Å². The normalized spacial score (nSPS) is 18.2. The van der Waals surface area contributed by atoms with Crippen LogP contribution in [0.2, 0.25) is 0 Å². The van der Waals surface area contributed by atoms with Crippen LogP contribution in [-0.4, -0.2) is 29.8 Å². The smallest absolute Gasteiger partial charge is 0.245 e. The second-order valence-corrected chi connectivity index (χ2v) is 5.80. The molecule has 0 aliphatic carbocycles. The highest BCUT2D eigenvalue weighted by molar-refractivity contribution is 9.10. The van der Waals surface area contributed by atoms with Crippen molar-refractivity contribution in [1.29, 1.82) is 0 Å². The highest BCUT2D eigenvalue weighted by atomic mass is 79.9. The van der Waals surface area contributed by atoms with Crippen LogP contribution in [0.25, 0.3) is 0 Å². The largest absolute Gasteiger partial charge is 0.338 e. The number of likely N-dealkylation sites (tertiary alicyclic amines) is 1. The van der Waals surface area contributed by atoms with Crippen LogP contribution < -0.4 is 5.32 Å². The number of halogens is 2. The first-order valence-electron chi connectivity index (χ1n) is 6.68. The molecular formula is C15H16BrFN2O2. The maximum Gasteiger partial charge on any atom is 0.245 e. The number of hydrogen-bond acceptors (Lipinski definition) is 2. The predicted octanol–water partition coefficient (Wildman–Crippen LogP) is 2.95. The van der Waals surface area contributed by atoms with E-state index in [0.29, 0.717) is 23.2 Å². The Morgan fingerprint density at radius 1 is 1.48 bits per heavy atom. The van der Waals surface area contributed by atoms with E-state index in [2.05, 4.69) is 27.8 Å². The molecule has 2 amide bonds. The fourth-order valence-electron chi connectivity index (χ4n) is 2.34. The number of rotatable bonds is 3. The molecule has 112 valence electrons. The molecule has 1 unspecified atom stereocenters. The highest BCUT2D eigenvalue weighted by Gasteiger charge is 2.27. The Balaban J connectivity index is 2.00. The number of carbonyl (C=O) groups excluding carboxylic acids is 2. The van der Waals surface area contributed by atoms with Gasteiger partial charge in [0.25, 0.3) is 0 Å². The van der Waals surface area contributed by atoms with E-state index >= 15 is 0 Å². The first kappa shape index (κ1) is 15.7. The molecule has 1 fully saturated rings. The van der Waals surface area contributed by atoms with Crippen LogP contribution in [-0.2, 0) is 9.59 Å². The summed E-state index contributed by atoms with van der Waals surface area (Å²) in [5.74, 6) is -0.952. The van der Waals surface area contributed by atoms with E-state index in [-0.39, 0.29) is 23.5 Å². The van der Waals surface area contributed by atoms with Crippen molar-refractivity contribution in [2.24, 2.45) is 5.92 Å². The number of nitrogens with zero attached hydrogens (tertiary/aromatic N) is 1. The third-order valence-electron chi connectivity index (χ3n) is 3.47. The molecule has 1 aromatic rings. The van der Waals surface area contributed by atoms with Gasteiger partial charge in [0.05, 0.1) is 10.4 Å². The fraction of sp³-hybridized carbons (Fsp3) is 0.333. The maximum absolute atomic E-state index is 13.2. The minimum absolute atomic E-state index is 0.156. The zero-order chi connectivity index (χ0) is 15.4. The lowest BCUT2D eigenvalue weighted by molar-refractivity contribution is -0.130. The van der Waals surface area contributed by atoms with Gasteiger partial charge in [-0.1, -0.05) is 6.58 Å². The van der Waals surface area contributed by atoms with Gasteiger partial charge in [0, 0.05) is 18.8 Å². The molecule has 1 saturated heterocycles. The number of hydrogen-bond donors (Lipinski definition) is 1. The van der Waals surface area contributed by atoms with E-state index in [0.717, 1.165) is 12.8 Å². The van der Waals surface area contributed by atoms with Crippen molar-refractivity contribution in [3.63, 3.8) is 0 Å². The molecule has 1 atom stereocenters. The van der Waals surface area contributed by atoms with Crippen molar-refractivity contribution in [3.05, 3.63) is 41.1 Å². The average Bonchev–Trinajstić information content (AvgIpc) is 2.50. The number of carbonyl (C=O) groups is 2. The van der Waals surface area contributed by atoms with E-state index in [1.165, 1.54) is 24.3 Å². The topological polar surface area (TPSA) is 49.4 Å². The fourth-order valence-corrected chi connectivity index (χ4v) is 2.72. The summed E-state index contributed by atoms with van der Waals surface area (Å²) in [6, 6.07) is 4.31. The molecule has 1 N–H and O–H groups in total. The Morgan fingerprint density at radius 3 is 2.90 bits per heavy atom. The number of benzene rings is 1. The van der Waals surface area contributed by atoms with E-state index in [9.17, 15) is 14.0 Å². The van der Waals surface area contributed by atoms with Crippen LogP contribution in [0, 0.1) is 11.7 Å². The van der Waals surface area contributed by atoms with Gasteiger partial charge in [-0.25, -0.2) is 4.39 Å². The zero-order valence-corrected chi connectivity index (χ0v) is 13.0. The van der Waals surface area contributed by atoms with Gasteiger partial charge in [0.15, 0.2) is 0 Å². The molecule has 0 radical (unpaired) electrons. The molecule has 0 aromatic heterocycles. The van der Waals surface area contributed by atoms with Gasteiger partial charge in [-0.05, 0) is 53.0 Å². The third kappa shape index (κ3) is 3.91. The molecule has 21 heavy (non-hydrogen) atoms. The van der Waals surface area contributed by atoms with Gasteiger partial charge in [0.2, 0.25) is 11.8 Å². The molecule has 0 bridgehead atoms. The number of piperidine rings is 1. The first-order chi connectivity index (χ1) is 10.0. The third-order valence-corrected chi connectivity index (χ3v) is 4.07. The molecule has 1 aromatic carbocycles. The summed E-state index contributed by atoms with van der Waals surface area (Å²) < 4.78 is 13.5. The van der Waals surface area contributed by atoms with Gasteiger partial charge < -0.3 is 10.2 Å². The molecular weight excluding hydrogens is 339 g/mol. The Bertz CT molecular complexity index is 577. The van der Waals surface area contributed by atoms with Crippen molar-refractivity contribution in [1.82, 2.24) is 4.90 Å². The van der Waals surface area contributed by atoms with Gasteiger partial charge in [-0.2, -0.15) is 0 Å². The number of nitrogens with one attached hydrogen (secondary N) is 1. The second-order valence-electron chi connectivity index (χ2n) is 4.95. The molecule has 1 aliphatic rings. The minimum Gasteiger partial charge on any atom is -0.338 e. The monoisotopic (exact) mass is 354 g/mol. The lowest BCUT2D eigenvalue weighted by Gasteiger charge is -2.31. The van der Waals surface area contributed by atoms with Crippen molar-refractivity contribution < 1.29 is 14.0 Å². The van der Waals surface area contributed by atoms with Crippen molar-refractivity contribution in [2.75, 3.05) is 18.4 Å². The Kier molecular flexibility index (Phi) is 5.12. The van der Waals surface area contributed by atoms with Crippen LogP contribution in [0.15, 0.2) is 35.3 Å². The first-order valence-corrected chi connectivity index (χ1v) is 7.48. The van der Waals surface area contributed by atoms with Crippen LogP contribution >= 0.6 is 15.9 Å². The summed E-state index contributed by atoms with van der Waals surface area (Å²) in [7, 11) is 0. The summed E-state index contributed by atoms with van der Waals surface area (Å²) in [4.78, 5) is 25.5. The van der Waals surface area contributed by atoms with Crippen LogP contribution in [0.5, 0.6) is 0 Å². The molecule has 0 saturated carbocycles. The zero-order valence-electron chi connectivity index (χ0n) is 11.4. The number of anilines is 1. The molecule has 4 nitrogen and oxygen atoms in total. The van der Waals surface area contributed by atoms with Crippen LogP contribution in [0.3, 0.4) is 0 Å². The SMILES string of the molecule is C=CC(=O)N1CCCC(C(=O)Nc2ccc(F)c(Br)c2)C1. The van der Waals surface area contributed by atoms with E-state index < -0.39 is 0 Å². The molecule has 0 spiro atoms. The minimum atomic E-state index is -0.381. The van der Waals surface area contributed by atoms with Crippen molar-refractivity contribution in [2.45, 2.75) is 12.8 Å². The molecule has 6 heteroatoms. The standard InChI is InChI=1S/C15H16BrFN2O2/c1-2-14(20)19-7-3-4-10(9-19)15(21)18-11-5-6-13(17)12(16)8-11/h2,5-6,8,10H,1,3-4,7,9H2,(H,18,21). The lowest BCUT2D eigenvalue weighted by atomic mass is 9.97. The predicted molar refractivity (Wildman–Crippen MR) is 82.2 cm³/mol. The molecule has 1 aliphatic heterocycles. The summed E-state index contributed by atoms with van der Waals surface area (Å²) in [5, 5.41) is 2.76. The molecule has 2 rings (SSSR count). The lowest BCUT2D eigenvalue weighted by Crippen LogP contribution is -2.43. The van der Waals surface area contributed by atoms with Crippen LogP contribution in [0.4, 0.5) is 10.1 Å². The van der Waals surface area contributed by atoms with Gasteiger partial charge >= 0.3 is 0 Å². The summed E-state index contributed by atoms with van der Waals surface area (Å²) in [5.41, 5.74) is 0.528. The Labute approximate surface area is 131 Å². The summed E-state index contributed by atoms with van der Waals surface area (Å²) in [6.45, 7) is 4.50. The number of amides is 2. The quantitative estimate of drug-likeness (QED) is 0.848. The average molecular weight is 355 g/mol. The molecule has 1 heterocycles. The highest BCUT2D eigenvalue weighted by Crippen LogP contribution is 2.22. The maximum atomic E-state index is 13.2. The van der Waals surface area contributed by atoms with Gasteiger partial charge in [-0.3, -0.25) is 9.59 Å². The van der Waals surface area contributed by atoms with E-state index in [1.54, 1.807) is 4.90 Å². The summed E-state index contributed by atoms with van der Waals surface area (Å²) in [6.07, 6.45) is 2.78. The second kappa shape index (κ2) is 6.85. The van der Waals surface area contributed by atoms with Crippen LogP contribution in [0.1, 0.15) is 12.8 Å².